The summed E-state index contributed by atoms with van der Waals surface area (Å²) in [6.45, 7) is 0. The number of aliphatic hydroxyl groups is 1. The summed E-state index contributed by atoms with van der Waals surface area (Å²) in [5.41, 5.74) is 0.717. The number of hydrogen-bond donors (Lipinski definition) is 1. The molecule has 0 aliphatic carbocycles. The Labute approximate surface area is 125 Å². The van der Waals surface area contributed by atoms with Crippen LogP contribution in [0.2, 0.25) is 0 Å². The summed E-state index contributed by atoms with van der Waals surface area (Å²) in [5.74, 6) is -1.40. The highest BCUT2D eigenvalue weighted by Gasteiger charge is 2.30. The van der Waals surface area contributed by atoms with Crippen molar-refractivity contribution in [2.75, 3.05) is 14.2 Å². The lowest BCUT2D eigenvalue weighted by Crippen LogP contribution is -2.07. The summed E-state index contributed by atoms with van der Waals surface area (Å²) >= 11 is 8.21. The van der Waals surface area contributed by atoms with E-state index in [1.807, 2.05) is 12.1 Å². The van der Waals surface area contributed by atoms with Crippen molar-refractivity contribution in [1.29, 1.82) is 0 Å². The molecule has 0 aromatic heterocycles. The molecule has 18 heavy (non-hydrogen) atoms. The largest absolute Gasteiger partial charge is 0.377 e. The average Bonchev–Trinajstić information content (AvgIpc) is 2.38. The van der Waals surface area contributed by atoms with Gasteiger partial charge in [0.25, 0.3) is 0 Å². The Morgan fingerprint density at radius 2 is 1.89 bits per heavy atom. The van der Waals surface area contributed by atoms with E-state index in [0.717, 1.165) is 9.13 Å². The highest BCUT2D eigenvalue weighted by Crippen LogP contribution is 2.51. The van der Waals surface area contributed by atoms with Gasteiger partial charge in [-0.05, 0) is 46.4 Å². The van der Waals surface area contributed by atoms with Crippen LogP contribution in [0.15, 0.2) is 30.3 Å². The molecule has 100 valence electrons. The van der Waals surface area contributed by atoms with E-state index in [0.29, 0.717) is 0 Å². The summed E-state index contributed by atoms with van der Waals surface area (Å²) in [4.78, 5) is 0. The fourth-order valence-corrected chi connectivity index (χ4v) is 2.82. The summed E-state index contributed by atoms with van der Waals surface area (Å²) < 4.78 is 22.3. The van der Waals surface area contributed by atoms with Crippen LogP contribution < -0.4 is 0 Å². The fourth-order valence-electron chi connectivity index (χ4n) is 1.22. The Morgan fingerprint density at radius 3 is 2.33 bits per heavy atom. The molecule has 0 fully saturated rings. The smallest absolute Gasteiger partial charge is 0.362 e. The highest BCUT2D eigenvalue weighted by molar-refractivity contribution is 14.1. The van der Waals surface area contributed by atoms with E-state index < -0.39 is 13.4 Å². The first-order valence-corrected chi connectivity index (χ1v) is 8.02. The lowest BCUT2D eigenvalue weighted by Gasteiger charge is -2.17. The summed E-state index contributed by atoms with van der Waals surface area (Å²) in [7, 11) is -1.15. The first kappa shape index (κ1) is 16.1. The maximum Gasteiger partial charge on any atom is 0.362 e. The van der Waals surface area contributed by atoms with Gasteiger partial charge >= 0.3 is 7.60 Å². The standard InChI is InChI=1S/C11H13ClIO4P/c1-16-18(15,17-2)11(14)7-10(12)8-3-5-9(13)6-4-8/h3-7,11,14H,1-2H3/b10-7+/t11-/m0/s1. The Balaban J connectivity index is 2.96. The molecule has 0 radical (unpaired) electrons. The van der Waals surface area contributed by atoms with Crippen LogP contribution in [0.1, 0.15) is 5.56 Å². The quantitative estimate of drug-likeness (QED) is 0.603. The Morgan fingerprint density at radius 1 is 1.39 bits per heavy atom. The van der Waals surface area contributed by atoms with Crippen LogP contribution in [0.5, 0.6) is 0 Å². The van der Waals surface area contributed by atoms with Gasteiger partial charge in [0.15, 0.2) is 5.85 Å². The zero-order valence-electron chi connectivity index (χ0n) is 9.84. The van der Waals surface area contributed by atoms with Gasteiger partial charge in [-0.2, -0.15) is 0 Å². The molecule has 0 bridgehead atoms. The van der Waals surface area contributed by atoms with Crippen molar-refractivity contribution in [3.63, 3.8) is 0 Å². The van der Waals surface area contributed by atoms with Crippen molar-refractivity contribution < 1.29 is 18.7 Å². The molecule has 1 N–H and O–H groups in total. The third kappa shape index (κ3) is 4.05. The average molecular weight is 403 g/mol. The molecule has 0 unspecified atom stereocenters. The monoisotopic (exact) mass is 402 g/mol. The molecule has 1 atom stereocenters. The fraction of sp³-hybridized carbons (Fsp3) is 0.273. The van der Waals surface area contributed by atoms with Crippen LogP contribution >= 0.6 is 41.8 Å². The molecule has 0 spiro atoms. The molecule has 1 aromatic carbocycles. The number of aliphatic hydroxyl groups excluding tert-OH is 1. The van der Waals surface area contributed by atoms with Gasteiger partial charge in [-0.1, -0.05) is 23.7 Å². The van der Waals surface area contributed by atoms with Gasteiger partial charge in [0.05, 0.1) is 0 Å². The highest BCUT2D eigenvalue weighted by atomic mass is 127. The van der Waals surface area contributed by atoms with Gasteiger partial charge in [-0.25, -0.2) is 0 Å². The van der Waals surface area contributed by atoms with Crippen molar-refractivity contribution in [2.45, 2.75) is 5.85 Å². The first-order chi connectivity index (χ1) is 8.42. The van der Waals surface area contributed by atoms with Gasteiger partial charge in [0, 0.05) is 22.8 Å². The Bertz CT molecular complexity index is 466. The Kier molecular flexibility index (Phi) is 6.30. The van der Waals surface area contributed by atoms with Crippen LogP contribution in [0.3, 0.4) is 0 Å². The molecular formula is C11H13ClIO4P. The minimum absolute atomic E-state index is 0.285. The van der Waals surface area contributed by atoms with Crippen LogP contribution in [0, 0.1) is 3.57 Å². The van der Waals surface area contributed by atoms with Crippen LogP contribution in [0.25, 0.3) is 5.03 Å². The Hall–Kier alpha value is 0.0900. The van der Waals surface area contributed by atoms with Gasteiger partial charge in [-0.3, -0.25) is 4.57 Å². The maximum atomic E-state index is 11.9. The third-order valence-corrected chi connectivity index (χ3v) is 5.13. The molecule has 1 aromatic rings. The summed E-state index contributed by atoms with van der Waals surface area (Å²) in [5, 5.41) is 10.1. The number of halogens is 2. The van der Waals surface area contributed by atoms with Crippen molar-refractivity contribution in [1.82, 2.24) is 0 Å². The zero-order valence-corrected chi connectivity index (χ0v) is 13.6. The molecule has 0 saturated carbocycles. The van der Waals surface area contributed by atoms with Gasteiger partial charge < -0.3 is 14.2 Å². The van der Waals surface area contributed by atoms with Crippen molar-refractivity contribution >= 4 is 46.8 Å². The molecule has 0 aliphatic heterocycles. The normalized spacial score (nSPS) is 14.6. The molecule has 7 heteroatoms. The minimum Gasteiger partial charge on any atom is -0.377 e. The zero-order chi connectivity index (χ0) is 13.8. The predicted molar refractivity (Wildman–Crippen MR) is 80.6 cm³/mol. The topological polar surface area (TPSA) is 55.8 Å². The van der Waals surface area contributed by atoms with E-state index in [1.54, 1.807) is 12.1 Å². The second-order valence-electron chi connectivity index (χ2n) is 3.34. The van der Waals surface area contributed by atoms with Gasteiger partial charge in [0.2, 0.25) is 0 Å². The van der Waals surface area contributed by atoms with E-state index >= 15 is 0 Å². The number of benzene rings is 1. The van der Waals surface area contributed by atoms with Crippen LogP contribution in [-0.2, 0) is 13.6 Å². The maximum absolute atomic E-state index is 11.9. The molecule has 0 aliphatic rings. The van der Waals surface area contributed by atoms with Gasteiger partial charge in [0.1, 0.15) is 0 Å². The van der Waals surface area contributed by atoms with Crippen LogP contribution in [-0.4, -0.2) is 25.2 Å². The molecule has 0 amide bonds. The first-order valence-electron chi connectivity index (χ1n) is 4.95. The third-order valence-electron chi connectivity index (χ3n) is 2.25. The van der Waals surface area contributed by atoms with E-state index in [1.165, 1.54) is 20.3 Å². The van der Waals surface area contributed by atoms with E-state index in [9.17, 15) is 9.67 Å². The van der Waals surface area contributed by atoms with Crippen LogP contribution in [0.4, 0.5) is 0 Å². The van der Waals surface area contributed by atoms with Crippen molar-refractivity contribution in [3.05, 3.63) is 39.5 Å². The minimum atomic E-state index is -3.56. The van der Waals surface area contributed by atoms with Crippen molar-refractivity contribution in [2.24, 2.45) is 0 Å². The molecular weight excluding hydrogens is 389 g/mol. The van der Waals surface area contributed by atoms with Crippen molar-refractivity contribution in [3.8, 4) is 0 Å². The lowest BCUT2D eigenvalue weighted by molar-refractivity contribution is 0.201. The second-order valence-corrected chi connectivity index (χ2v) is 7.33. The molecule has 4 nitrogen and oxygen atoms in total. The molecule has 1 rings (SSSR count). The van der Waals surface area contributed by atoms with E-state index in [2.05, 4.69) is 31.6 Å². The summed E-state index contributed by atoms with van der Waals surface area (Å²) in [6, 6.07) is 7.37. The predicted octanol–water partition coefficient (Wildman–Crippen LogP) is 3.68. The van der Waals surface area contributed by atoms with E-state index in [-0.39, 0.29) is 5.03 Å². The lowest BCUT2D eigenvalue weighted by atomic mass is 10.2. The number of rotatable bonds is 5. The van der Waals surface area contributed by atoms with E-state index in [4.69, 9.17) is 11.6 Å². The molecule has 0 saturated heterocycles. The number of hydrogen-bond acceptors (Lipinski definition) is 4. The van der Waals surface area contributed by atoms with Gasteiger partial charge in [-0.15, -0.1) is 0 Å². The molecule has 0 heterocycles. The second kappa shape index (κ2) is 7.03. The summed E-state index contributed by atoms with van der Waals surface area (Å²) in [6.07, 6.45) is 1.25. The SMILES string of the molecule is COP(=O)(OC)[C@H](O)/C=C(/Cl)c1ccc(I)cc1.